The first kappa shape index (κ1) is 22.4. The van der Waals surface area contributed by atoms with E-state index in [0.29, 0.717) is 10.6 Å². The molecule has 1 aromatic heterocycles. The third-order valence-electron chi connectivity index (χ3n) is 4.25. The van der Waals surface area contributed by atoms with Crippen LogP contribution in [0.5, 0.6) is 0 Å². The largest absolute Gasteiger partial charge is 0.383 e. The Balaban J connectivity index is 2.34. The van der Waals surface area contributed by atoms with Crippen molar-refractivity contribution >= 4 is 40.5 Å². The maximum absolute atomic E-state index is 14.6. The van der Waals surface area contributed by atoms with Crippen molar-refractivity contribution in [2.24, 2.45) is 0 Å². The molecule has 1 amide bonds. The summed E-state index contributed by atoms with van der Waals surface area (Å²) in [6.45, 7) is 0.426. The van der Waals surface area contributed by atoms with Crippen LogP contribution in [-0.4, -0.2) is 30.7 Å². The maximum Gasteiger partial charge on any atom is 0.273 e. The summed E-state index contributed by atoms with van der Waals surface area (Å²) in [7, 11) is 1.48. The SMILES string of the molecule is COCCNC(=O)/C(C#N)=c1\s/c(=C\c2ccccc2Cl)c(=O)n1-c1ccccc1F. The fraction of sp³-hybridized carbons (Fsp3) is 0.136. The van der Waals surface area contributed by atoms with E-state index >= 15 is 0 Å². The normalized spacial score (nSPS) is 12.4. The number of thiazole rings is 1. The number of nitrogens with one attached hydrogen (secondary N) is 1. The number of aromatic nitrogens is 1. The number of methoxy groups -OCH3 is 1. The standard InChI is InChI=1S/C22H17ClFN3O3S/c1-30-11-10-26-20(28)15(13-25)22-27(18-9-5-4-8-17(18)24)21(29)19(31-22)12-14-6-2-3-7-16(14)23/h2-9,12H,10-11H2,1H3,(H,26,28)/b19-12-,22-15-. The van der Waals surface area contributed by atoms with Crippen LogP contribution in [0.2, 0.25) is 5.02 Å². The predicted molar refractivity (Wildman–Crippen MR) is 118 cm³/mol. The number of carbonyl (C=O) groups is 1. The molecular weight excluding hydrogens is 441 g/mol. The molecule has 0 radical (unpaired) electrons. The van der Waals surface area contributed by atoms with E-state index < -0.39 is 17.3 Å². The van der Waals surface area contributed by atoms with Gasteiger partial charge in [0, 0.05) is 18.7 Å². The molecule has 0 atom stereocenters. The van der Waals surface area contributed by atoms with Crippen LogP contribution >= 0.6 is 22.9 Å². The zero-order chi connectivity index (χ0) is 22.4. The van der Waals surface area contributed by atoms with Crippen LogP contribution in [-0.2, 0) is 9.53 Å². The van der Waals surface area contributed by atoms with Gasteiger partial charge in [0.05, 0.1) is 16.8 Å². The number of rotatable bonds is 6. The van der Waals surface area contributed by atoms with Gasteiger partial charge < -0.3 is 10.1 Å². The average Bonchev–Trinajstić information content (AvgIpc) is 3.06. The molecule has 0 aliphatic rings. The van der Waals surface area contributed by atoms with Gasteiger partial charge in [-0.3, -0.25) is 14.2 Å². The molecule has 2 aromatic carbocycles. The molecule has 9 heteroatoms. The van der Waals surface area contributed by atoms with Gasteiger partial charge in [-0.25, -0.2) is 4.39 Å². The molecular formula is C22H17ClFN3O3S. The number of nitrogens with zero attached hydrogens (tertiary/aromatic N) is 2. The van der Waals surface area contributed by atoms with Crippen molar-refractivity contribution in [1.29, 1.82) is 5.26 Å². The van der Waals surface area contributed by atoms with Gasteiger partial charge in [0.15, 0.2) is 5.57 Å². The Bertz CT molecular complexity index is 1340. The first-order chi connectivity index (χ1) is 15.0. The van der Waals surface area contributed by atoms with E-state index in [4.69, 9.17) is 16.3 Å². The molecule has 0 spiro atoms. The number of nitriles is 1. The van der Waals surface area contributed by atoms with Crippen molar-refractivity contribution in [3.8, 4) is 11.8 Å². The Kier molecular flexibility index (Phi) is 7.36. The number of halogens is 2. The van der Waals surface area contributed by atoms with Crippen LogP contribution in [0, 0.1) is 17.1 Å². The predicted octanol–water partition coefficient (Wildman–Crippen LogP) is 1.96. The van der Waals surface area contributed by atoms with E-state index in [0.717, 1.165) is 15.9 Å². The van der Waals surface area contributed by atoms with Gasteiger partial charge in [-0.05, 0) is 29.8 Å². The summed E-state index contributed by atoms with van der Waals surface area (Å²) in [5, 5.41) is 12.7. The number of para-hydroxylation sites is 1. The van der Waals surface area contributed by atoms with Gasteiger partial charge in [0.25, 0.3) is 11.5 Å². The summed E-state index contributed by atoms with van der Waals surface area (Å²) < 4.78 is 20.7. The fourth-order valence-corrected chi connectivity index (χ4v) is 4.06. The molecule has 158 valence electrons. The average molecular weight is 458 g/mol. The van der Waals surface area contributed by atoms with Crippen molar-refractivity contribution in [1.82, 2.24) is 9.88 Å². The molecule has 0 aliphatic heterocycles. The smallest absolute Gasteiger partial charge is 0.273 e. The summed E-state index contributed by atoms with van der Waals surface area (Å²) >= 11 is 7.11. The molecule has 0 aliphatic carbocycles. The van der Waals surface area contributed by atoms with E-state index in [9.17, 15) is 19.2 Å². The second-order valence-electron chi connectivity index (χ2n) is 6.26. The minimum absolute atomic E-state index is 0.0193. The minimum Gasteiger partial charge on any atom is -0.383 e. The van der Waals surface area contributed by atoms with Gasteiger partial charge >= 0.3 is 0 Å². The summed E-state index contributed by atoms with van der Waals surface area (Å²) in [5.74, 6) is -1.35. The number of ether oxygens (including phenoxy) is 1. The zero-order valence-electron chi connectivity index (χ0n) is 16.4. The lowest BCUT2D eigenvalue weighted by Gasteiger charge is -2.06. The second kappa shape index (κ2) is 10.2. The molecule has 3 rings (SSSR count). The van der Waals surface area contributed by atoms with E-state index in [-0.39, 0.29) is 33.6 Å². The lowest BCUT2D eigenvalue weighted by Crippen LogP contribution is -2.35. The highest BCUT2D eigenvalue weighted by atomic mass is 35.5. The summed E-state index contributed by atoms with van der Waals surface area (Å²) in [5.41, 5.74) is -0.351. The van der Waals surface area contributed by atoms with E-state index in [1.807, 2.05) is 6.07 Å². The monoisotopic (exact) mass is 457 g/mol. The van der Waals surface area contributed by atoms with Gasteiger partial charge in [-0.15, -0.1) is 11.3 Å². The van der Waals surface area contributed by atoms with Crippen molar-refractivity contribution in [2.45, 2.75) is 0 Å². The molecule has 0 bridgehead atoms. The maximum atomic E-state index is 14.6. The number of benzene rings is 2. The van der Waals surface area contributed by atoms with Gasteiger partial charge in [-0.2, -0.15) is 5.26 Å². The Labute approximate surface area is 186 Å². The summed E-state index contributed by atoms with van der Waals surface area (Å²) in [6.07, 6.45) is 1.55. The first-order valence-electron chi connectivity index (χ1n) is 9.12. The molecule has 31 heavy (non-hydrogen) atoms. The first-order valence-corrected chi connectivity index (χ1v) is 10.3. The van der Waals surface area contributed by atoms with E-state index in [2.05, 4.69) is 5.32 Å². The van der Waals surface area contributed by atoms with Gasteiger partial charge in [0.2, 0.25) is 0 Å². The van der Waals surface area contributed by atoms with Crippen LogP contribution in [0.15, 0.2) is 53.3 Å². The van der Waals surface area contributed by atoms with Crippen LogP contribution in [0.4, 0.5) is 4.39 Å². The highest BCUT2D eigenvalue weighted by molar-refractivity contribution is 7.07. The summed E-state index contributed by atoms with van der Waals surface area (Å²) in [4.78, 5) is 25.8. The van der Waals surface area contributed by atoms with Crippen LogP contribution in [0.25, 0.3) is 17.3 Å². The number of hydrogen-bond donors (Lipinski definition) is 1. The van der Waals surface area contributed by atoms with Crippen molar-refractivity contribution in [2.75, 3.05) is 20.3 Å². The fourth-order valence-electron chi connectivity index (χ4n) is 2.79. The third kappa shape index (κ3) is 4.91. The van der Waals surface area contributed by atoms with Crippen LogP contribution in [0.1, 0.15) is 5.56 Å². The number of amides is 1. The van der Waals surface area contributed by atoms with Crippen LogP contribution < -0.4 is 20.1 Å². The Morgan fingerprint density at radius 1 is 1.29 bits per heavy atom. The lowest BCUT2D eigenvalue weighted by molar-refractivity contribution is -0.115. The minimum atomic E-state index is -0.685. The lowest BCUT2D eigenvalue weighted by atomic mass is 10.2. The third-order valence-corrected chi connectivity index (χ3v) is 5.69. The van der Waals surface area contributed by atoms with Crippen molar-refractivity contribution < 1.29 is 13.9 Å². The van der Waals surface area contributed by atoms with E-state index in [1.54, 1.807) is 36.4 Å². The molecule has 3 aromatic rings. The van der Waals surface area contributed by atoms with Gasteiger partial charge in [-0.1, -0.05) is 41.9 Å². The van der Waals surface area contributed by atoms with Crippen molar-refractivity contribution in [3.63, 3.8) is 0 Å². The summed E-state index contributed by atoms with van der Waals surface area (Å²) in [6, 6.07) is 14.4. The Hall–Kier alpha value is -3.25. The molecule has 6 nitrogen and oxygen atoms in total. The Morgan fingerprint density at radius 3 is 2.68 bits per heavy atom. The molecule has 0 fully saturated rings. The van der Waals surface area contributed by atoms with E-state index in [1.165, 1.54) is 25.3 Å². The zero-order valence-corrected chi connectivity index (χ0v) is 18.0. The molecule has 0 unspecified atom stereocenters. The molecule has 0 saturated heterocycles. The highest BCUT2D eigenvalue weighted by Gasteiger charge is 2.18. The van der Waals surface area contributed by atoms with Crippen molar-refractivity contribution in [3.05, 3.63) is 84.5 Å². The number of hydrogen-bond acceptors (Lipinski definition) is 5. The topological polar surface area (TPSA) is 84.1 Å². The molecule has 1 N–H and O–H groups in total. The quantitative estimate of drug-likeness (QED) is 0.573. The van der Waals surface area contributed by atoms with Crippen LogP contribution in [0.3, 0.4) is 0 Å². The molecule has 1 heterocycles. The molecule has 0 saturated carbocycles. The number of carbonyl (C=O) groups excluding carboxylic acids is 1. The van der Waals surface area contributed by atoms with Gasteiger partial charge in [0.1, 0.15) is 16.5 Å². The Morgan fingerprint density at radius 2 is 2.00 bits per heavy atom. The second-order valence-corrected chi connectivity index (χ2v) is 7.70. The highest BCUT2D eigenvalue weighted by Crippen LogP contribution is 2.15.